The first-order valence-electron chi connectivity index (χ1n) is 9.71. The van der Waals surface area contributed by atoms with E-state index in [4.69, 9.17) is 9.47 Å². The summed E-state index contributed by atoms with van der Waals surface area (Å²) >= 11 is 0. The lowest BCUT2D eigenvalue weighted by molar-refractivity contribution is -0.120. The molecule has 1 saturated heterocycles. The van der Waals surface area contributed by atoms with E-state index in [1.807, 2.05) is 0 Å². The van der Waals surface area contributed by atoms with Crippen LogP contribution in [0.4, 0.5) is 0 Å². The van der Waals surface area contributed by atoms with Crippen LogP contribution in [-0.2, 0) is 14.3 Å². The maximum Gasteiger partial charge on any atom is 0.239 e. The van der Waals surface area contributed by atoms with Crippen molar-refractivity contribution in [3.8, 4) is 0 Å². The molecule has 1 heterocycles. The van der Waals surface area contributed by atoms with E-state index >= 15 is 0 Å². The van der Waals surface area contributed by atoms with E-state index in [2.05, 4.69) is 20.9 Å². The van der Waals surface area contributed by atoms with Crippen LogP contribution in [0, 0.1) is 0 Å². The first-order chi connectivity index (χ1) is 12.3. The Hall–Kier alpha value is -0.610. The fraction of sp³-hybridized carbons (Fsp3) is 0.889. The Balaban J connectivity index is 0.00000338. The molecule has 1 saturated carbocycles. The van der Waals surface area contributed by atoms with Crippen LogP contribution >= 0.6 is 24.0 Å². The molecule has 3 N–H and O–H groups in total. The SMILES string of the molecule is CN=C(NCCCOCC1CCCO1)NCC(=O)NC1CCCCC1.I. The van der Waals surface area contributed by atoms with Crippen LogP contribution in [0.3, 0.4) is 0 Å². The maximum atomic E-state index is 12.0. The minimum absolute atomic E-state index is 0. The molecule has 0 aromatic heterocycles. The van der Waals surface area contributed by atoms with Crippen molar-refractivity contribution in [2.75, 3.05) is 40.0 Å². The summed E-state index contributed by atoms with van der Waals surface area (Å²) in [6.07, 6.45) is 9.36. The van der Waals surface area contributed by atoms with E-state index in [1.54, 1.807) is 7.05 Å². The largest absolute Gasteiger partial charge is 0.379 e. The van der Waals surface area contributed by atoms with Crippen molar-refractivity contribution in [3.63, 3.8) is 0 Å². The molecule has 1 atom stereocenters. The van der Waals surface area contributed by atoms with Crippen molar-refractivity contribution < 1.29 is 14.3 Å². The lowest BCUT2D eigenvalue weighted by Gasteiger charge is -2.23. The van der Waals surface area contributed by atoms with Crippen LogP contribution in [0.2, 0.25) is 0 Å². The Labute approximate surface area is 174 Å². The molecule has 2 rings (SSSR count). The Morgan fingerprint density at radius 2 is 1.96 bits per heavy atom. The normalized spacial score (nSPS) is 21.1. The maximum absolute atomic E-state index is 12.0. The van der Waals surface area contributed by atoms with Crippen molar-refractivity contribution in [2.45, 2.75) is 63.5 Å². The van der Waals surface area contributed by atoms with Gasteiger partial charge in [-0.25, -0.2) is 0 Å². The number of carbonyl (C=O) groups excluding carboxylic acids is 1. The summed E-state index contributed by atoms with van der Waals surface area (Å²) in [5.74, 6) is 0.688. The van der Waals surface area contributed by atoms with Gasteiger partial charge in [-0.05, 0) is 32.1 Å². The van der Waals surface area contributed by atoms with Gasteiger partial charge in [-0.2, -0.15) is 0 Å². The highest BCUT2D eigenvalue weighted by molar-refractivity contribution is 14.0. The van der Waals surface area contributed by atoms with Gasteiger partial charge in [0.15, 0.2) is 5.96 Å². The third-order valence-corrected chi connectivity index (χ3v) is 4.70. The van der Waals surface area contributed by atoms with E-state index in [0.717, 1.165) is 45.3 Å². The molecule has 26 heavy (non-hydrogen) atoms. The number of amides is 1. The van der Waals surface area contributed by atoms with Gasteiger partial charge in [0.2, 0.25) is 5.91 Å². The topological polar surface area (TPSA) is 84.0 Å². The Kier molecular flexibility index (Phi) is 13.0. The summed E-state index contributed by atoms with van der Waals surface area (Å²) in [5.41, 5.74) is 0. The van der Waals surface area contributed by atoms with Crippen molar-refractivity contribution in [2.24, 2.45) is 4.99 Å². The predicted octanol–water partition coefficient (Wildman–Crippen LogP) is 1.80. The van der Waals surface area contributed by atoms with E-state index < -0.39 is 0 Å². The number of rotatable bonds is 9. The van der Waals surface area contributed by atoms with E-state index in [0.29, 0.717) is 25.2 Å². The van der Waals surface area contributed by atoms with Crippen LogP contribution in [-0.4, -0.2) is 64.0 Å². The Bertz CT molecular complexity index is 411. The molecule has 0 spiro atoms. The molecular weight excluding hydrogens is 447 g/mol. The number of aliphatic imine (C=N–C) groups is 1. The van der Waals surface area contributed by atoms with Gasteiger partial charge in [0.1, 0.15) is 0 Å². The van der Waals surface area contributed by atoms with E-state index in [-0.39, 0.29) is 42.5 Å². The summed E-state index contributed by atoms with van der Waals surface area (Å²) in [6.45, 7) is 3.27. The molecule has 7 nitrogen and oxygen atoms in total. The highest BCUT2D eigenvalue weighted by Gasteiger charge is 2.16. The van der Waals surface area contributed by atoms with Crippen molar-refractivity contribution in [3.05, 3.63) is 0 Å². The van der Waals surface area contributed by atoms with Crippen molar-refractivity contribution in [1.82, 2.24) is 16.0 Å². The Morgan fingerprint density at radius 3 is 2.65 bits per heavy atom. The van der Waals surface area contributed by atoms with Crippen molar-refractivity contribution in [1.29, 1.82) is 0 Å². The number of nitrogens with one attached hydrogen (secondary N) is 3. The summed E-state index contributed by atoms with van der Waals surface area (Å²) in [7, 11) is 1.71. The molecule has 0 radical (unpaired) electrons. The Morgan fingerprint density at radius 1 is 1.15 bits per heavy atom. The zero-order valence-corrected chi connectivity index (χ0v) is 18.3. The highest BCUT2D eigenvalue weighted by atomic mass is 127. The summed E-state index contributed by atoms with van der Waals surface area (Å²) in [4.78, 5) is 16.1. The van der Waals surface area contributed by atoms with Crippen LogP contribution in [0.25, 0.3) is 0 Å². The lowest BCUT2D eigenvalue weighted by Crippen LogP contribution is -2.46. The quantitative estimate of drug-likeness (QED) is 0.202. The fourth-order valence-corrected chi connectivity index (χ4v) is 3.28. The first-order valence-corrected chi connectivity index (χ1v) is 9.71. The number of carbonyl (C=O) groups is 1. The third kappa shape index (κ3) is 9.91. The standard InChI is InChI=1S/C18H34N4O3.HI/c1-19-18(20-10-6-11-24-14-16-9-5-12-25-16)21-13-17(23)22-15-7-3-2-4-8-15;/h15-16H,2-14H2,1H3,(H,22,23)(H2,19,20,21);1H. The van der Waals surface area contributed by atoms with Crippen molar-refractivity contribution >= 4 is 35.8 Å². The zero-order valence-electron chi connectivity index (χ0n) is 15.9. The molecule has 1 unspecified atom stereocenters. The third-order valence-electron chi connectivity index (χ3n) is 4.70. The predicted molar refractivity (Wildman–Crippen MR) is 114 cm³/mol. The fourth-order valence-electron chi connectivity index (χ4n) is 3.28. The van der Waals surface area contributed by atoms with E-state index in [1.165, 1.54) is 19.3 Å². The average Bonchev–Trinajstić information content (AvgIpc) is 3.15. The highest BCUT2D eigenvalue weighted by Crippen LogP contribution is 2.17. The summed E-state index contributed by atoms with van der Waals surface area (Å²) < 4.78 is 11.1. The minimum Gasteiger partial charge on any atom is -0.379 e. The molecule has 2 fully saturated rings. The molecule has 0 aromatic carbocycles. The van der Waals surface area contributed by atoms with Gasteiger partial charge in [0.25, 0.3) is 0 Å². The van der Waals surface area contributed by atoms with Gasteiger partial charge in [-0.3, -0.25) is 9.79 Å². The van der Waals surface area contributed by atoms with Crippen LogP contribution in [0.1, 0.15) is 51.4 Å². The summed E-state index contributed by atoms with van der Waals surface area (Å²) in [6, 6.07) is 0.346. The number of hydrogen-bond acceptors (Lipinski definition) is 4. The molecule has 0 aromatic rings. The zero-order chi connectivity index (χ0) is 17.7. The molecule has 1 aliphatic carbocycles. The molecule has 1 aliphatic heterocycles. The molecule has 1 amide bonds. The van der Waals surface area contributed by atoms with Gasteiger partial charge in [-0.15, -0.1) is 24.0 Å². The minimum atomic E-state index is 0. The average molecular weight is 482 g/mol. The van der Waals surface area contributed by atoms with E-state index in [9.17, 15) is 4.79 Å². The smallest absolute Gasteiger partial charge is 0.239 e. The second kappa shape index (κ2) is 14.4. The molecule has 152 valence electrons. The summed E-state index contributed by atoms with van der Waals surface area (Å²) in [5, 5.41) is 9.36. The molecular formula is C18H35IN4O3. The van der Waals surface area contributed by atoms with Gasteiger partial charge < -0.3 is 25.4 Å². The van der Waals surface area contributed by atoms with Crippen LogP contribution < -0.4 is 16.0 Å². The van der Waals surface area contributed by atoms with Crippen LogP contribution in [0.15, 0.2) is 4.99 Å². The lowest BCUT2D eigenvalue weighted by atomic mass is 9.95. The van der Waals surface area contributed by atoms with Gasteiger partial charge in [0.05, 0.1) is 19.3 Å². The second-order valence-electron chi connectivity index (χ2n) is 6.82. The number of nitrogens with zero attached hydrogens (tertiary/aromatic N) is 1. The number of guanidine groups is 1. The van der Waals surface area contributed by atoms with Gasteiger partial charge in [0, 0.05) is 32.8 Å². The number of ether oxygens (including phenoxy) is 2. The number of halogens is 1. The number of hydrogen-bond donors (Lipinski definition) is 3. The monoisotopic (exact) mass is 482 g/mol. The van der Waals surface area contributed by atoms with Gasteiger partial charge in [-0.1, -0.05) is 19.3 Å². The molecule has 8 heteroatoms. The molecule has 2 aliphatic rings. The van der Waals surface area contributed by atoms with Gasteiger partial charge >= 0.3 is 0 Å². The second-order valence-corrected chi connectivity index (χ2v) is 6.82. The first kappa shape index (κ1) is 23.4. The van der Waals surface area contributed by atoms with Crippen LogP contribution in [0.5, 0.6) is 0 Å². The molecule has 0 bridgehead atoms.